The van der Waals surface area contributed by atoms with Crippen molar-refractivity contribution >= 4 is 28.5 Å². The number of halogens is 1. The molecule has 2 fully saturated rings. The molecule has 5 heteroatoms. The van der Waals surface area contributed by atoms with E-state index in [2.05, 4.69) is 61.8 Å². The Morgan fingerprint density at radius 3 is 2.23 bits per heavy atom. The van der Waals surface area contributed by atoms with Crippen LogP contribution in [0.4, 0.5) is 0 Å². The molecule has 120 valence electrons. The van der Waals surface area contributed by atoms with Crippen molar-refractivity contribution in [3.63, 3.8) is 0 Å². The third-order valence-electron chi connectivity index (χ3n) is 5.22. The first-order chi connectivity index (χ1) is 10.3. The highest BCUT2D eigenvalue weighted by atomic mass is 79.9. The van der Waals surface area contributed by atoms with Crippen molar-refractivity contribution in [3.05, 3.63) is 28.2 Å². The molecule has 2 saturated heterocycles. The molecule has 0 spiro atoms. The Morgan fingerprint density at radius 2 is 1.64 bits per heavy atom. The molecule has 0 bridgehead atoms. The van der Waals surface area contributed by atoms with Gasteiger partial charge in [0.2, 0.25) is 0 Å². The molecule has 0 saturated carbocycles. The van der Waals surface area contributed by atoms with Crippen LogP contribution in [0, 0.1) is 0 Å². The van der Waals surface area contributed by atoms with Crippen molar-refractivity contribution in [3.8, 4) is 0 Å². The highest BCUT2D eigenvalue weighted by Crippen LogP contribution is 2.37. The second-order valence-electron chi connectivity index (χ2n) is 7.26. The van der Waals surface area contributed by atoms with Crippen LogP contribution in [0.25, 0.3) is 0 Å². The lowest BCUT2D eigenvalue weighted by Gasteiger charge is -2.32. The molecule has 3 nitrogen and oxygen atoms in total. The van der Waals surface area contributed by atoms with E-state index in [1.807, 2.05) is 0 Å². The van der Waals surface area contributed by atoms with Gasteiger partial charge in [0.1, 0.15) is 0 Å². The van der Waals surface area contributed by atoms with Gasteiger partial charge in [-0.1, -0.05) is 28.1 Å². The minimum absolute atomic E-state index is 0.314. The van der Waals surface area contributed by atoms with Crippen molar-refractivity contribution < 1.29 is 14.0 Å². The summed E-state index contributed by atoms with van der Waals surface area (Å²) in [5.74, 6) is 0.572. The monoisotopic (exact) mass is 366 g/mol. The Morgan fingerprint density at radius 1 is 1.05 bits per heavy atom. The van der Waals surface area contributed by atoms with Crippen LogP contribution in [-0.2, 0) is 14.0 Å². The number of benzene rings is 1. The largest absolute Gasteiger partial charge is 0.496 e. The van der Waals surface area contributed by atoms with E-state index in [0.29, 0.717) is 5.92 Å². The zero-order valence-electron chi connectivity index (χ0n) is 13.8. The Labute approximate surface area is 142 Å². The van der Waals surface area contributed by atoms with Gasteiger partial charge in [0, 0.05) is 17.7 Å². The van der Waals surface area contributed by atoms with Crippen molar-refractivity contribution in [2.75, 3.05) is 13.2 Å². The molecule has 0 aromatic heterocycles. The van der Waals surface area contributed by atoms with Crippen LogP contribution in [-0.4, -0.2) is 31.5 Å². The first-order valence-corrected chi connectivity index (χ1v) is 8.82. The van der Waals surface area contributed by atoms with Gasteiger partial charge in [-0.25, -0.2) is 0 Å². The van der Waals surface area contributed by atoms with E-state index in [-0.39, 0.29) is 18.3 Å². The smallest absolute Gasteiger partial charge is 0.399 e. The predicted octanol–water partition coefficient (Wildman–Crippen LogP) is 3.64. The van der Waals surface area contributed by atoms with Gasteiger partial charge in [-0.3, -0.25) is 0 Å². The van der Waals surface area contributed by atoms with Crippen molar-refractivity contribution in [2.24, 2.45) is 0 Å². The molecule has 0 N–H and O–H groups in total. The molecule has 2 aliphatic rings. The topological polar surface area (TPSA) is 27.7 Å². The normalized spacial score (nSPS) is 24.7. The third kappa shape index (κ3) is 3.01. The van der Waals surface area contributed by atoms with Gasteiger partial charge in [-0.2, -0.15) is 0 Å². The van der Waals surface area contributed by atoms with Gasteiger partial charge in [-0.05, 0) is 63.5 Å². The molecular formula is C17H24BBrO3. The second kappa shape index (κ2) is 5.93. The predicted molar refractivity (Wildman–Crippen MR) is 92.7 cm³/mol. The van der Waals surface area contributed by atoms with E-state index in [4.69, 9.17) is 14.0 Å². The van der Waals surface area contributed by atoms with Crippen LogP contribution in [0.1, 0.15) is 52.0 Å². The fraction of sp³-hybridized carbons (Fsp3) is 0.647. The first kappa shape index (κ1) is 16.5. The third-order valence-corrected chi connectivity index (χ3v) is 5.94. The lowest BCUT2D eigenvalue weighted by Crippen LogP contribution is -2.41. The van der Waals surface area contributed by atoms with Crippen molar-refractivity contribution in [1.82, 2.24) is 0 Å². The first-order valence-electron chi connectivity index (χ1n) is 8.03. The minimum Gasteiger partial charge on any atom is -0.399 e. The fourth-order valence-electron chi connectivity index (χ4n) is 3.00. The Kier molecular flexibility index (Phi) is 4.45. The highest BCUT2D eigenvalue weighted by Gasteiger charge is 2.52. The summed E-state index contributed by atoms with van der Waals surface area (Å²) < 4.78 is 18.9. The summed E-state index contributed by atoms with van der Waals surface area (Å²) in [6.45, 7) is 10.1. The van der Waals surface area contributed by atoms with Gasteiger partial charge in [0.25, 0.3) is 0 Å². The maximum absolute atomic E-state index is 6.20. The summed E-state index contributed by atoms with van der Waals surface area (Å²) in [4.78, 5) is 0. The summed E-state index contributed by atoms with van der Waals surface area (Å²) in [7, 11) is -0.320. The quantitative estimate of drug-likeness (QED) is 0.748. The molecule has 22 heavy (non-hydrogen) atoms. The maximum Gasteiger partial charge on any atom is 0.496 e. The lowest BCUT2D eigenvalue weighted by atomic mass is 9.76. The van der Waals surface area contributed by atoms with E-state index < -0.39 is 0 Å². The van der Waals surface area contributed by atoms with Crippen LogP contribution in [0.15, 0.2) is 22.7 Å². The molecular weight excluding hydrogens is 343 g/mol. The average molecular weight is 367 g/mol. The van der Waals surface area contributed by atoms with Crippen LogP contribution >= 0.6 is 15.9 Å². The summed E-state index contributed by atoms with van der Waals surface area (Å²) >= 11 is 3.65. The standard InChI is InChI=1S/C17H24BBrO3/c1-16(2)17(3,4)22-18(21-16)14-11-13(5-6-15(14)19)12-7-9-20-10-8-12/h5-6,11-12H,7-10H2,1-4H3. The Balaban J connectivity index is 1.88. The van der Waals surface area contributed by atoms with Crippen LogP contribution in [0.2, 0.25) is 0 Å². The molecule has 2 heterocycles. The number of ether oxygens (including phenoxy) is 1. The summed E-state index contributed by atoms with van der Waals surface area (Å²) in [5, 5.41) is 0. The van der Waals surface area contributed by atoms with E-state index in [1.165, 1.54) is 5.56 Å². The maximum atomic E-state index is 6.20. The molecule has 0 aliphatic carbocycles. The molecule has 0 amide bonds. The van der Waals surface area contributed by atoms with Gasteiger partial charge in [0.05, 0.1) is 11.2 Å². The zero-order valence-corrected chi connectivity index (χ0v) is 15.4. The number of hydrogen-bond acceptors (Lipinski definition) is 3. The van der Waals surface area contributed by atoms with Gasteiger partial charge >= 0.3 is 7.12 Å². The van der Waals surface area contributed by atoms with E-state index >= 15 is 0 Å². The summed E-state index contributed by atoms with van der Waals surface area (Å²) in [5.41, 5.74) is 1.82. The SMILES string of the molecule is CC1(C)OB(c2cc(C3CCOCC3)ccc2Br)OC1(C)C. The van der Waals surface area contributed by atoms with Gasteiger partial charge in [0.15, 0.2) is 0 Å². The lowest BCUT2D eigenvalue weighted by molar-refractivity contribution is 0.00578. The Bertz CT molecular complexity index is 537. The zero-order chi connectivity index (χ0) is 16.0. The molecule has 1 aromatic carbocycles. The number of rotatable bonds is 2. The van der Waals surface area contributed by atoms with E-state index in [9.17, 15) is 0 Å². The molecule has 3 rings (SSSR count). The summed E-state index contributed by atoms with van der Waals surface area (Å²) in [6.07, 6.45) is 2.18. The summed E-state index contributed by atoms with van der Waals surface area (Å²) in [6, 6.07) is 6.56. The van der Waals surface area contributed by atoms with E-state index in [1.54, 1.807) is 0 Å². The van der Waals surface area contributed by atoms with E-state index in [0.717, 1.165) is 36.0 Å². The highest BCUT2D eigenvalue weighted by molar-refractivity contribution is 9.10. The van der Waals surface area contributed by atoms with Crippen LogP contribution in [0.5, 0.6) is 0 Å². The van der Waals surface area contributed by atoms with Crippen LogP contribution in [0.3, 0.4) is 0 Å². The van der Waals surface area contributed by atoms with Crippen LogP contribution < -0.4 is 5.46 Å². The molecule has 0 unspecified atom stereocenters. The van der Waals surface area contributed by atoms with Gasteiger partial charge in [-0.15, -0.1) is 0 Å². The van der Waals surface area contributed by atoms with Crippen molar-refractivity contribution in [2.45, 2.75) is 57.7 Å². The fourth-order valence-corrected chi connectivity index (χ4v) is 3.43. The molecule has 2 aliphatic heterocycles. The molecule has 0 radical (unpaired) electrons. The van der Waals surface area contributed by atoms with Gasteiger partial charge < -0.3 is 14.0 Å². The van der Waals surface area contributed by atoms with Crippen molar-refractivity contribution in [1.29, 1.82) is 0 Å². The second-order valence-corrected chi connectivity index (χ2v) is 8.11. The Hall–Kier alpha value is -0.355. The number of hydrogen-bond donors (Lipinski definition) is 0. The molecule has 0 atom stereocenters. The minimum atomic E-state index is -0.320. The molecule has 1 aromatic rings. The average Bonchev–Trinajstić information content (AvgIpc) is 2.69.